The van der Waals surface area contributed by atoms with Crippen LogP contribution in [0, 0.1) is 0 Å². The summed E-state index contributed by atoms with van der Waals surface area (Å²) in [4.78, 5) is 7.20. The molecule has 4 heterocycles. The molecule has 116 valence electrons. The molecule has 4 rings (SSSR count). The van der Waals surface area contributed by atoms with Crippen LogP contribution in [0.5, 0.6) is 0 Å². The highest BCUT2D eigenvalue weighted by Crippen LogP contribution is 2.40. The van der Waals surface area contributed by atoms with Gasteiger partial charge < -0.3 is 4.74 Å². The molecule has 0 amide bonds. The van der Waals surface area contributed by atoms with Crippen LogP contribution in [-0.2, 0) is 17.8 Å². The number of thioether (sulfide) groups is 1. The molecular weight excluding hydrogens is 316 g/mol. The van der Waals surface area contributed by atoms with E-state index in [1.165, 1.54) is 10.4 Å². The fourth-order valence-electron chi connectivity index (χ4n) is 2.83. The Morgan fingerprint density at radius 2 is 2.23 bits per heavy atom. The highest BCUT2D eigenvalue weighted by atomic mass is 32.2. The fourth-order valence-corrected chi connectivity index (χ4v) is 4.80. The lowest BCUT2D eigenvalue weighted by Gasteiger charge is -2.30. The molecule has 22 heavy (non-hydrogen) atoms. The Balaban J connectivity index is 2.00. The normalized spacial score (nSPS) is 17.5. The maximum Gasteiger partial charge on any atom is 0.176 e. The molecule has 0 fully saturated rings. The third-order valence-electron chi connectivity index (χ3n) is 3.78. The van der Waals surface area contributed by atoms with E-state index in [4.69, 9.17) is 9.72 Å². The third kappa shape index (κ3) is 2.23. The van der Waals surface area contributed by atoms with E-state index >= 15 is 0 Å². The van der Waals surface area contributed by atoms with E-state index in [9.17, 15) is 0 Å². The lowest BCUT2D eigenvalue weighted by atomic mass is 9.94. The van der Waals surface area contributed by atoms with Crippen LogP contribution < -0.4 is 0 Å². The molecule has 1 aliphatic heterocycles. The fraction of sp³-hybridized carbons (Fsp3) is 0.533. The van der Waals surface area contributed by atoms with Gasteiger partial charge >= 0.3 is 0 Å². The summed E-state index contributed by atoms with van der Waals surface area (Å²) in [5.41, 5.74) is 2.12. The Morgan fingerprint density at radius 1 is 1.41 bits per heavy atom. The zero-order chi connectivity index (χ0) is 15.5. The van der Waals surface area contributed by atoms with Crippen LogP contribution in [0.4, 0.5) is 0 Å². The second-order valence-corrected chi connectivity index (χ2v) is 9.12. The molecule has 0 saturated carbocycles. The molecule has 3 aromatic heterocycles. The lowest BCUT2D eigenvalue weighted by molar-refractivity contribution is -0.0379. The summed E-state index contributed by atoms with van der Waals surface area (Å²) in [7, 11) is 0. The number of thiophene rings is 1. The first-order valence-corrected chi connectivity index (χ1v) is 9.09. The van der Waals surface area contributed by atoms with Crippen LogP contribution in [0.25, 0.3) is 15.9 Å². The van der Waals surface area contributed by atoms with E-state index in [-0.39, 0.29) is 5.60 Å². The summed E-state index contributed by atoms with van der Waals surface area (Å²) in [5, 5.41) is 11.1. The van der Waals surface area contributed by atoms with Crippen molar-refractivity contribution in [2.24, 2.45) is 0 Å². The van der Waals surface area contributed by atoms with Gasteiger partial charge in [-0.25, -0.2) is 4.98 Å². The molecule has 1 aliphatic rings. The van der Waals surface area contributed by atoms with Gasteiger partial charge in [-0.2, -0.15) is 0 Å². The van der Waals surface area contributed by atoms with Crippen molar-refractivity contribution in [3.63, 3.8) is 0 Å². The summed E-state index contributed by atoms with van der Waals surface area (Å²) >= 11 is 3.47. The monoisotopic (exact) mass is 334 g/mol. The van der Waals surface area contributed by atoms with Crippen LogP contribution in [0.2, 0.25) is 0 Å². The highest BCUT2D eigenvalue weighted by Gasteiger charge is 2.31. The zero-order valence-corrected chi connectivity index (χ0v) is 14.7. The minimum absolute atomic E-state index is 0.136. The molecule has 3 aromatic rings. The van der Waals surface area contributed by atoms with E-state index in [0.717, 1.165) is 27.4 Å². The average Bonchev–Trinajstić information content (AvgIpc) is 3.00. The molecule has 0 radical (unpaired) electrons. The largest absolute Gasteiger partial charge is 0.370 e. The van der Waals surface area contributed by atoms with Crippen LogP contribution in [0.3, 0.4) is 0 Å². The van der Waals surface area contributed by atoms with Crippen molar-refractivity contribution >= 4 is 39.0 Å². The first-order chi connectivity index (χ1) is 10.4. The smallest absolute Gasteiger partial charge is 0.176 e. The minimum Gasteiger partial charge on any atom is -0.370 e. The molecule has 0 spiro atoms. The molecule has 0 unspecified atom stereocenters. The van der Waals surface area contributed by atoms with E-state index in [2.05, 4.69) is 37.9 Å². The van der Waals surface area contributed by atoms with Crippen molar-refractivity contribution in [2.45, 2.75) is 56.7 Å². The highest BCUT2D eigenvalue weighted by molar-refractivity contribution is 7.99. The zero-order valence-electron chi connectivity index (χ0n) is 13.1. The second kappa shape index (κ2) is 4.91. The minimum atomic E-state index is -0.136. The van der Waals surface area contributed by atoms with Gasteiger partial charge in [0.2, 0.25) is 0 Å². The van der Waals surface area contributed by atoms with Crippen LogP contribution in [-0.4, -0.2) is 30.4 Å². The van der Waals surface area contributed by atoms with Gasteiger partial charge in [-0.3, -0.25) is 4.40 Å². The van der Waals surface area contributed by atoms with Gasteiger partial charge in [0, 0.05) is 16.5 Å². The Kier molecular flexibility index (Phi) is 3.22. The summed E-state index contributed by atoms with van der Waals surface area (Å²) in [6.07, 6.45) is 2.66. The number of hydrogen-bond acceptors (Lipinski definition) is 6. The van der Waals surface area contributed by atoms with E-state index in [0.29, 0.717) is 11.9 Å². The number of rotatable bonds is 2. The molecule has 0 aliphatic carbocycles. The summed E-state index contributed by atoms with van der Waals surface area (Å²) in [6.45, 7) is 9.27. The maximum atomic E-state index is 5.94. The summed E-state index contributed by atoms with van der Waals surface area (Å²) < 4.78 is 7.96. The molecule has 0 bridgehead atoms. The molecule has 7 heteroatoms. The molecule has 0 aromatic carbocycles. The number of nitrogens with zero attached hydrogens (tertiary/aromatic N) is 4. The van der Waals surface area contributed by atoms with Crippen LogP contribution in [0.1, 0.15) is 38.1 Å². The van der Waals surface area contributed by atoms with Crippen molar-refractivity contribution < 1.29 is 4.74 Å². The quantitative estimate of drug-likeness (QED) is 0.528. The van der Waals surface area contributed by atoms with Gasteiger partial charge in [0.25, 0.3) is 0 Å². The van der Waals surface area contributed by atoms with Crippen molar-refractivity contribution in [1.29, 1.82) is 0 Å². The maximum absolute atomic E-state index is 5.94. The topological polar surface area (TPSA) is 52.3 Å². The predicted molar refractivity (Wildman–Crippen MR) is 89.7 cm³/mol. The Morgan fingerprint density at radius 3 is 3.00 bits per heavy atom. The first kappa shape index (κ1) is 14.4. The average molecular weight is 334 g/mol. The van der Waals surface area contributed by atoms with Crippen molar-refractivity contribution in [2.75, 3.05) is 0 Å². The lowest BCUT2D eigenvalue weighted by Crippen LogP contribution is -2.31. The number of ether oxygens (including phenoxy) is 1. The van der Waals surface area contributed by atoms with Gasteiger partial charge in [0.1, 0.15) is 11.2 Å². The Bertz CT molecular complexity index is 865. The Labute approximate surface area is 137 Å². The van der Waals surface area contributed by atoms with Crippen LogP contribution >= 0.6 is 23.1 Å². The van der Waals surface area contributed by atoms with Crippen molar-refractivity contribution in [3.8, 4) is 0 Å². The van der Waals surface area contributed by atoms with Crippen molar-refractivity contribution in [1.82, 2.24) is 19.6 Å². The summed E-state index contributed by atoms with van der Waals surface area (Å²) in [6, 6.07) is 0. The number of aromatic nitrogens is 4. The molecule has 0 saturated heterocycles. The van der Waals surface area contributed by atoms with E-state index in [1.54, 1.807) is 29.4 Å². The first-order valence-electron chi connectivity index (χ1n) is 7.39. The second-order valence-electron chi connectivity index (χ2n) is 6.49. The SMILES string of the molecule is CC(C)Sc1nc2sc3c(c2c2nncn12)CC(C)(C)OC3. The van der Waals surface area contributed by atoms with E-state index in [1.807, 2.05) is 4.40 Å². The van der Waals surface area contributed by atoms with Gasteiger partial charge in [-0.05, 0) is 19.4 Å². The molecule has 5 nitrogen and oxygen atoms in total. The predicted octanol–water partition coefficient (Wildman–Crippen LogP) is 3.69. The van der Waals surface area contributed by atoms with Gasteiger partial charge in [0.05, 0.1) is 17.6 Å². The number of hydrogen-bond donors (Lipinski definition) is 0. The van der Waals surface area contributed by atoms with Gasteiger partial charge in [-0.15, -0.1) is 21.5 Å². The van der Waals surface area contributed by atoms with Gasteiger partial charge in [-0.1, -0.05) is 25.6 Å². The molecule has 0 N–H and O–H groups in total. The molecular formula is C15H18N4OS2. The van der Waals surface area contributed by atoms with Gasteiger partial charge in [0.15, 0.2) is 10.8 Å². The third-order valence-corrected chi connectivity index (χ3v) is 5.85. The standard InChI is InChI=1S/C15H18N4OS2/c1-8(2)21-14-17-13-11(12-18-16-7-19(12)14)9-5-15(3,4)20-6-10(9)22-13/h7-8H,5-6H2,1-4H3. The molecule has 0 atom stereocenters. The van der Waals surface area contributed by atoms with Crippen LogP contribution in [0.15, 0.2) is 11.5 Å². The summed E-state index contributed by atoms with van der Waals surface area (Å²) in [5.74, 6) is 0. The van der Waals surface area contributed by atoms with E-state index < -0.39 is 0 Å². The van der Waals surface area contributed by atoms with Crippen molar-refractivity contribution in [3.05, 3.63) is 16.8 Å². The number of fused-ring (bicyclic) bond motifs is 5. The Hall–Kier alpha value is -1.18.